The van der Waals surface area contributed by atoms with Gasteiger partial charge in [0.05, 0.1) is 0 Å². The zero-order valence-corrected chi connectivity index (χ0v) is 7.83. The van der Waals surface area contributed by atoms with Crippen LogP contribution >= 0.6 is 11.8 Å². The van der Waals surface area contributed by atoms with Crippen LogP contribution in [0.15, 0.2) is 0 Å². The zero-order chi connectivity index (χ0) is 7.28. The molecule has 0 saturated carbocycles. The van der Waals surface area contributed by atoms with E-state index >= 15 is 0 Å². The van der Waals surface area contributed by atoms with E-state index in [1.165, 1.54) is 0 Å². The van der Waals surface area contributed by atoms with Gasteiger partial charge in [0.25, 0.3) is 0 Å². The number of nitrogens with two attached hydrogens (primary N) is 1. The maximum atomic E-state index is 10.1. The summed E-state index contributed by atoms with van der Waals surface area (Å²) in [5, 5.41) is 8.27. The fraction of sp³-hybridized carbons (Fsp3) is 0.800. The third-order valence-corrected chi connectivity index (χ3v) is 1.59. The summed E-state index contributed by atoms with van der Waals surface area (Å²) in [6.07, 6.45) is 2.48. The summed E-state index contributed by atoms with van der Waals surface area (Å²) in [5.74, 6) is -0.1000. The fourth-order valence-corrected chi connectivity index (χ4v) is 0.858. The summed E-state index contributed by atoms with van der Waals surface area (Å²) in [6, 6.07) is -0.683. The molecule has 0 aromatic carbocycles. The van der Waals surface area contributed by atoms with Gasteiger partial charge in [-0.1, -0.05) is 0 Å². The Morgan fingerprint density at radius 1 is 1.80 bits per heavy atom. The molecule has 3 N–H and O–H groups in total. The van der Waals surface area contributed by atoms with Crippen LogP contribution in [0.5, 0.6) is 0 Å². The first-order valence-electron chi connectivity index (χ1n) is 2.65. The predicted octanol–water partition coefficient (Wildman–Crippen LogP) is 0.149. The van der Waals surface area contributed by atoms with E-state index in [-0.39, 0.29) is 17.4 Å². The second-order valence-electron chi connectivity index (χ2n) is 1.73. The number of aliphatic carboxylic acids is 1. The van der Waals surface area contributed by atoms with E-state index < -0.39 is 12.0 Å². The van der Waals surface area contributed by atoms with Crippen molar-refractivity contribution >= 4 is 17.7 Å². The molecule has 1 unspecified atom stereocenters. The van der Waals surface area contributed by atoms with Gasteiger partial charge in [0.1, 0.15) is 6.04 Å². The van der Waals surface area contributed by atoms with Crippen molar-refractivity contribution in [3.63, 3.8) is 0 Å². The van der Waals surface area contributed by atoms with Crippen LogP contribution in [0.4, 0.5) is 0 Å². The van der Waals surface area contributed by atoms with Crippen molar-refractivity contribution in [1.29, 1.82) is 0 Å². The number of carbonyl (C=O) groups is 1. The minimum Gasteiger partial charge on any atom is -0.480 e. The van der Waals surface area contributed by atoms with Gasteiger partial charge in [-0.05, 0) is 18.4 Å². The first-order valence-corrected chi connectivity index (χ1v) is 4.05. The maximum absolute atomic E-state index is 10.1. The predicted molar refractivity (Wildman–Crippen MR) is 38.6 cm³/mol. The topological polar surface area (TPSA) is 63.3 Å². The Morgan fingerprint density at radius 3 is 2.60 bits per heavy atom. The third kappa shape index (κ3) is 6.43. The summed E-state index contributed by atoms with van der Waals surface area (Å²) in [4.78, 5) is 10.1. The van der Waals surface area contributed by atoms with E-state index in [0.29, 0.717) is 6.42 Å². The Labute approximate surface area is 75.5 Å². The number of hydrogen-bond acceptors (Lipinski definition) is 3. The Kier molecular flexibility index (Phi) is 9.60. The molecule has 0 bridgehead atoms. The van der Waals surface area contributed by atoms with Crippen molar-refractivity contribution in [3.8, 4) is 0 Å². The molecule has 1 atom stereocenters. The maximum Gasteiger partial charge on any atom is 0.320 e. The van der Waals surface area contributed by atoms with Gasteiger partial charge in [-0.3, -0.25) is 4.79 Å². The van der Waals surface area contributed by atoms with Gasteiger partial charge in [-0.15, -0.1) is 0 Å². The average Bonchev–Trinajstić information content (AvgIpc) is 1.82. The molecule has 0 aliphatic rings. The second-order valence-corrected chi connectivity index (χ2v) is 2.71. The smallest absolute Gasteiger partial charge is 0.320 e. The number of carboxylic acid groups (broad SMARTS) is 1. The normalized spacial score (nSPS) is 11.8. The van der Waals surface area contributed by atoms with Gasteiger partial charge in [0.15, 0.2) is 0 Å². The quantitative estimate of drug-likeness (QED) is 0.679. The van der Waals surface area contributed by atoms with E-state index in [4.69, 9.17) is 10.8 Å². The Bertz CT molecular complexity index is 102. The molecule has 0 fully saturated rings. The van der Waals surface area contributed by atoms with E-state index in [1.807, 2.05) is 6.26 Å². The summed E-state index contributed by atoms with van der Waals surface area (Å²) in [5.41, 5.74) is 5.19. The molecular formula is C5H11CrNO2S. The van der Waals surface area contributed by atoms with Crippen molar-refractivity contribution in [2.45, 2.75) is 12.5 Å². The minimum atomic E-state index is -0.913. The second kappa shape index (κ2) is 7.42. The molecule has 10 heavy (non-hydrogen) atoms. The standard InChI is InChI=1S/C5H11NO2S.Cr/c1-9-3-2-4(6)5(7)8;/h4H,2-3,6H2,1H3,(H,7,8);. The number of rotatable bonds is 4. The minimum absolute atomic E-state index is 0. The molecule has 0 amide bonds. The van der Waals surface area contributed by atoms with Crippen molar-refractivity contribution < 1.29 is 27.3 Å². The molecule has 3 nitrogen and oxygen atoms in total. The van der Waals surface area contributed by atoms with Gasteiger partial charge in [0.2, 0.25) is 0 Å². The zero-order valence-electron chi connectivity index (χ0n) is 5.74. The first-order chi connectivity index (χ1) is 4.18. The van der Waals surface area contributed by atoms with Crippen LogP contribution in [0.3, 0.4) is 0 Å². The van der Waals surface area contributed by atoms with Gasteiger partial charge in [0, 0.05) is 17.4 Å². The molecule has 5 heteroatoms. The molecule has 0 saturated heterocycles. The van der Waals surface area contributed by atoms with Gasteiger partial charge in [-0.25, -0.2) is 0 Å². The van der Waals surface area contributed by atoms with Crippen LogP contribution < -0.4 is 5.73 Å². The molecule has 0 heterocycles. The van der Waals surface area contributed by atoms with E-state index in [0.717, 1.165) is 5.75 Å². The molecular weight excluding hydrogens is 190 g/mol. The van der Waals surface area contributed by atoms with Gasteiger partial charge >= 0.3 is 5.97 Å². The monoisotopic (exact) mass is 201 g/mol. The Balaban J connectivity index is 0. The SMILES string of the molecule is CSCCC(N)C(=O)O.[Cr]. The van der Waals surface area contributed by atoms with Crippen LogP contribution in [0.25, 0.3) is 0 Å². The third-order valence-electron chi connectivity index (χ3n) is 0.950. The summed E-state index contributed by atoms with van der Waals surface area (Å²) in [6.45, 7) is 0. The van der Waals surface area contributed by atoms with Crippen LogP contribution in [-0.4, -0.2) is 29.1 Å². The molecule has 0 aromatic heterocycles. The molecule has 0 aliphatic carbocycles. The van der Waals surface area contributed by atoms with Crippen LogP contribution in [0.1, 0.15) is 6.42 Å². The van der Waals surface area contributed by atoms with Gasteiger partial charge < -0.3 is 10.8 Å². The number of carboxylic acids is 1. The molecule has 0 aliphatic heterocycles. The van der Waals surface area contributed by atoms with Crippen LogP contribution in [-0.2, 0) is 22.2 Å². The molecule has 0 radical (unpaired) electrons. The number of thioether (sulfide) groups is 1. The average molecular weight is 201 g/mol. The van der Waals surface area contributed by atoms with Crippen LogP contribution in [0.2, 0.25) is 0 Å². The Morgan fingerprint density at radius 2 is 2.30 bits per heavy atom. The Hall–Kier alpha value is 0.312. The summed E-state index contributed by atoms with van der Waals surface area (Å²) < 4.78 is 0. The van der Waals surface area contributed by atoms with Crippen LogP contribution in [0, 0.1) is 0 Å². The first kappa shape index (κ1) is 12.9. The van der Waals surface area contributed by atoms with E-state index in [9.17, 15) is 4.79 Å². The van der Waals surface area contributed by atoms with E-state index in [2.05, 4.69) is 0 Å². The summed E-state index contributed by atoms with van der Waals surface area (Å²) in [7, 11) is 0. The van der Waals surface area contributed by atoms with Crippen molar-refractivity contribution in [3.05, 3.63) is 0 Å². The van der Waals surface area contributed by atoms with E-state index in [1.54, 1.807) is 11.8 Å². The summed E-state index contributed by atoms with van der Waals surface area (Å²) >= 11 is 1.60. The number of hydrogen-bond donors (Lipinski definition) is 2. The fourth-order valence-electron chi connectivity index (χ4n) is 0.368. The largest absolute Gasteiger partial charge is 0.480 e. The van der Waals surface area contributed by atoms with Crippen molar-refractivity contribution in [1.82, 2.24) is 0 Å². The van der Waals surface area contributed by atoms with Gasteiger partial charge in [-0.2, -0.15) is 11.8 Å². The molecule has 0 aromatic rings. The molecule has 0 rings (SSSR count). The molecule has 60 valence electrons. The molecule has 0 spiro atoms. The van der Waals surface area contributed by atoms with Crippen molar-refractivity contribution in [2.75, 3.05) is 12.0 Å². The van der Waals surface area contributed by atoms with Crippen molar-refractivity contribution in [2.24, 2.45) is 5.73 Å².